The summed E-state index contributed by atoms with van der Waals surface area (Å²) in [7, 11) is 4.64. The van der Waals surface area contributed by atoms with Crippen LogP contribution in [0.4, 0.5) is 0 Å². The minimum atomic E-state index is -0.132. The maximum absolute atomic E-state index is 11.1. The maximum atomic E-state index is 11.1. The van der Waals surface area contributed by atoms with Crippen LogP contribution in [-0.4, -0.2) is 33.0 Å². The van der Waals surface area contributed by atoms with Gasteiger partial charge < -0.3 is 19.5 Å². The Morgan fingerprint density at radius 3 is 2.11 bits per heavy atom. The summed E-state index contributed by atoms with van der Waals surface area (Å²) in [5.41, 5.74) is 0.861. The van der Waals surface area contributed by atoms with E-state index in [4.69, 9.17) is 14.2 Å². The molecule has 0 saturated heterocycles. The Morgan fingerprint density at radius 1 is 1.17 bits per heavy atom. The van der Waals surface area contributed by atoms with Gasteiger partial charge in [0.2, 0.25) is 11.7 Å². The van der Waals surface area contributed by atoms with E-state index in [9.17, 15) is 4.79 Å². The minimum absolute atomic E-state index is 0.132. The van der Waals surface area contributed by atoms with Gasteiger partial charge in [-0.3, -0.25) is 4.79 Å². The molecule has 1 aromatic rings. The average molecular weight is 271 g/mol. The van der Waals surface area contributed by atoms with Crippen molar-refractivity contribution in [1.82, 2.24) is 5.32 Å². The number of hydrogen-bond acceptors (Lipinski definition) is 5. The molecule has 0 aromatic heterocycles. The van der Waals surface area contributed by atoms with Crippen LogP contribution in [0, 0.1) is 0 Å². The molecule has 0 aliphatic carbocycles. The highest BCUT2D eigenvalue weighted by molar-refractivity contribution is 7.81. The lowest BCUT2D eigenvalue weighted by Crippen LogP contribution is -2.23. The molecule has 0 atom stereocenters. The van der Waals surface area contributed by atoms with Gasteiger partial charge in [-0.15, -0.1) is 0 Å². The summed E-state index contributed by atoms with van der Waals surface area (Å²) in [6.07, 6.45) is 0. The van der Waals surface area contributed by atoms with Crippen molar-refractivity contribution in [1.29, 1.82) is 0 Å². The molecule has 0 bridgehead atoms. The van der Waals surface area contributed by atoms with E-state index in [1.165, 1.54) is 0 Å². The molecule has 0 unspecified atom stereocenters. The monoisotopic (exact) mass is 271 g/mol. The number of thiol groups is 1. The van der Waals surface area contributed by atoms with Crippen LogP contribution in [0.1, 0.15) is 5.56 Å². The number of carbonyl (C=O) groups is 1. The molecule has 0 aliphatic rings. The van der Waals surface area contributed by atoms with Crippen molar-refractivity contribution in [2.75, 3.05) is 27.1 Å². The first-order chi connectivity index (χ1) is 8.65. The third-order valence-corrected chi connectivity index (χ3v) is 2.65. The molecule has 0 spiro atoms. The van der Waals surface area contributed by atoms with Crippen LogP contribution in [0.5, 0.6) is 17.2 Å². The first kappa shape index (κ1) is 14.5. The van der Waals surface area contributed by atoms with Crippen molar-refractivity contribution in [3.05, 3.63) is 17.7 Å². The minimum Gasteiger partial charge on any atom is -0.493 e. The number of rotatable bonds is 6. The van der Waals surface area contributed by atoms with E-state index in [-0.39, 0.29) is 11.7 Å². The van der Waals surface area contributed by atoms with Crippen LogP contribution in [0.2, 0.25) is 0 Å². The lowest BCUT2D eigenvalue weighted by Gasteiger charge is -2.14. The lowest BCUT2D eigenvalue weighted by molar-refractivity contribution is -0.118. The number of ether oxygens (including phenoxy) is 3. The maximum Gasteiger partial charge on any atom is 0.229 e. The second kappa shape index (κ2) is 7.00. The molecule has 100 valence electrons. The molecule has 0 fully saturated rings. The molecule has 1 amide bonds. The fourth-order valence-corrected chi connectivity index (χ4v) is 1.61. The molecule has 18 heavy (non-hydrogen) atoms. The zero-order valence-electron chi connectivity index (χ0n) is 10.6. The Hall–Kier alpha value is -1.56. The SMILES string of the molecule is COc1cc(CNC(=O)CS)cc(OC)c1OC. The van der Waals surface area contributed by atoms with E-state index in [1.807, 2.05) is 0 Å². The van der Waals surface area contributed by atoms with Gasteiger partial charge in [-0.1, -0.05) is 0 Å². The Balaban J connectivity index is 2.96. The fraction of sp³-hybridized carbons (Fsp3) is 0.417. The second-order valence-corrected chi connectivity index (χ2v) is 3.78. The number of methoxy groups -OCH3 is 3. The quantitative estimate of drug-likeness (QED) is 0.765. The summed E-state index contributed by atoms with van der Waals surface area (Å²) in [5, 5.41) is 2.72. The molecule has 1 aromatic carbocycles. The third kappa shape index (κ3) is 3.46. The van der Waals surface area contributed by atoms with Crippen molar-refractivity contribution in [2.45, 2.75) is 6.54 Å². The fourth-order valence-electron chi connectivity index (χ4n) is 1.49. The molecule has 6 heteroatoms. The van der Waals surface area contributed by atoms with Gasteiger partial charge in [0.15, 0.2) is 11.5 Å². The average Bonchev–Trinajstić information content (AvgIpc) is 2.43. The molecule has 0 aliphatic heterocycles. The van der Waals surface area contributed by atoms with Crippen LogP contribution in [0.25, 0.3) is 0 Å². The van der Waals surface area contributed by atoms with E-state index >= 15 is 0 Å². The molecular formula is C12H17NO4S. The van der Waals surface area contributed by atoms with Crippen LogP contribution >= 0.6 is 12.6 Å². The molecule has 1 rings (SSSR count). The third-order valence-electron chi connectivity index (χ3n) is 2.36. The van der Waals surface area contributed by atoms with Gasteiger partial charge >= 0.3 is 0 Å². The second-order valence-electron chi connectivity index (χ2n) is 3.47. The zero-order chi connectivity index (χ0) is 13.5. The molecule has 0 saturated carbocycles. The molecule has 1 N–H and O–H groups in total. The highest BCUT2D eigenvalue weighted by Gasteiger charge is 2.13. The predicted molar refractivity (Wildman–Crippen MR) is 71.8 cm³/mol. The summed E-state index contributed by atoms with van der Waals surface area (Å²) in [6.45, 7) is 0.385. The van der Waals surface area contributed by atoms with Gasteiger partial charge in [0, 0.05) is 6.54 Å². The van der Waals surface area contributed by atoms with E-state index in [2.05, 4.69) is 17.9 Å². The Bertz CT molecular complexity index is 398. The summed E-state index contributed by atoms with van der Waals surface area (Å²) >= 11 is 3.89. The Labute approximate surface area is 112 Å². The van der Waals surface area contributed by atoms with E-state index in [1.54, 1.807) is 33.5 Å². The summed E-state index contributed by atoms with van der Waals surface area (Å²) < 4.78 is 15.6. The van der Waals surface area contributed by atoms with Crippen LogP contribution < -0.4 is 19.5 Å². The summed E-state index contributed by atoms with van der Waals surface area (Å²) in [4.78, 5) is 11.1. The molecule has 5 nitrogen and oxygen atoms in total. The van der Waals surface area contributed by atoms with Crippen molar-refractivity contribution in [3.8, 4) is 17.2 Å². The lowest BCUT2D eigenvalue weighted by atomic mass is 10.2. The predicted octanol–water partition coefficient (Wildman–Crippen LogP) is 1.26. The van der Waals surface area contributed by atoms with Crippen LogP contribution in [0.15, 0.2) is 12.1 Å². The highest BCUT2D eigenvalue weighted by Crippen LogP contribution is 2.38. The largest absolute Gasteiger partial charge is 0.493 e. The standard InChI is InChI=1S/C12H17NO4S/c1-15-9-4-8(6-13-11(14)7-18)5-10(16-2)12(9)17-3/h4-5,18H,6-7H2,1-3H3,(H,13,14). The normalized spacial score (nSPS) is 9.78. The van der Waals surface area contributed by atoms with Crippen LogP contribution in [-0.2, 0) is 11.3 Å². The number of benzene rings is 1. The van der Waals surface area contributed by atoms with Gasteiger partial charge in [0.25, 0.3) is 0 Å². The van der Waals surface area contributed by atoms with Gasteiger partial charge in [0.05, 0.1) is 27.1 Å². The molecule has 0 radical (unpaired) electrons. The number of hydrogen-bond donors (Lipinski definition) is 2. The van der Waals surface area contributed by atoms with Gasteiger partial charge in [-0.25, -0.2) is 0 Å². The molecular weight excluding hydrogens is 254 g/mol. The number of amides is 1. The van der Waals surface area contributed by atoms with Crippen molar-refractivity contribution >= 4 is 18.5 Å². The van der Waals surface area contributed by atoms with Crippen molar-refractivity contribution < 1.29 is 19.0 Å². The van der Waals surface area contributed by atoms with E-state index in [0.29, 0.717) is 23.8 Å². The summed E-state index contributed by atoms with van der Waals surface area (Å²) in [5.74, 6) is 1.68. The van der Waals surface area contributed by atoms with Gasteiger partial charge in [-0.2, -0.15) is 12.6 Å². The van der Waals surface area contributed by atoms with Crippen molar-refractivity contribution in [2.24, 2.45) is 0 Å². The first-order valence-electron chi connectivity index (χ1n) is 5.32. The highest BCUT2D eigenvalue weighted by atomic mass is 32.1. The topological polar surface area (TPSA) is 56.8 Å². The van der Waals surface area contributed by atoms with E-state index < -0.39 is 0 Å². The zero-order valence-corrected chi connectivity index (χ0v) is 11.5. The van der Waals surface area contributed by atoms with Gasteiger partial charge in [0.1, 0.15) is 0 Å². The number of nitrogens with one attached hydrogen (secondary N) is 1. The van der Waals surface area contributed by atoms with Crippen molar-refractivity contribution in [3.63, 3.8) is 0 Å². The summed E-state index contributed by atoms with van der Waals surface area (Å²) in [6, 6.07) is 3.58. The Kier molecular flexibility index (Phi) is 5.64. The van der Waals surface area contributed by atoms with Gasteiger partial charge in [-0.05, 0) is 17.7 Å². The number of carbonyl (C=O) groups excluding carboxylic acids is 1. The molecule has 0 heterocycles. The van der Waals surface area contributed by atoms with Crippen LogP contribution in [0.3, 0.4) is 0 Å². The Morgan fingerprint density at radius 2 is 1.72 bits per heavy atom. The smallest absolute Gasteiger partial charge is 0.229 e. The van der Waals surface area contributed by atoms with E-state index in [0.717, 1.165) is 5.56 Å². The first-order valence-corrected chi connectivity index (χ1v) is 5.96.